The van der Waals surface area contributed by atoms with Crippen molar-refractivity contribution in [3.63, 3.8) is 0 Å². The Kier molecular flexibility index (Phi) is 11.2. The van der Waals surface area contributed by atoms with Gasteiger partial charge in [-0.15, -0.1) is 0 Å². The van der Waals surface area contributed by atoms with Crippen LogP contribution in [0.2, 0.25) is 0 Å². The molecule has 8 heteroatoms. The highest BCUT2D eigenvalue weighted by Gasteiger charge is 2.19. The lowest BCUT2D eigenvalue weighted by Crippen LogP contribution is -1.91. The Labute approximate surface area is 404 Å². The van der Waals surface area contributed by atoms with Crippen LogP contribution >= 0.6 is 63.7 Å². The van der Waals surface area contributed by atoms with Crippen molar-refractivity contribution in [3.05, 3.63) is 210 Å². The van der Waals surface area contributed by atoms with Gasteiger partial charge in [0.1, 0.15) is 46.1 Å². The van der Waals surface area contributed by atoms with Gasteiger partial charge in [0, 0.05) is 44.5 Å². The van der Waals surface area contributed by atoms with Crippen LogP contribution in [0, 0.1) is 0 Å². The highest BCUT2D eigenvalue weighted by molar-refractivity contribution is 9.11. The van der Waals surface area contributed by atoms with Crippen molar-refractivity contribution in [1.82, 2.24) is 0 Å². The molecule has 10 aromatic rings. The van der Waals surface area contributed by atoms with E-state index in [2.05, 4.69) is 209 Å². The molecule has 0 amide bonds. The number of aryl methyl sites for hydroxylation is 4. The van der Waals surface area contributed by atoms with E-state index in [1.165, 1.54) is 22.3 Å². The fourth-order valence-corrected chi connectivity index (χ4v) is 10.4. The van der Waals surface area contributed by atoms with Crippen LogP contribution in [-0.2, 0) is 25.7 Å². The first kappa shape index (κ1) is 41.1. The summed E-state index contributed by atoms with van der Waals surface area (Å²) in [5.74, 6) is 6.38. The van der Waals surface area contributed by atoms with Gasteiger partial charge < -0.3 is 17.7 Å². The third kappa shape index (κ3) is 8.29. The Morgan fingerprint density at radius 3 is 0.594 bits per heavy atom. The van der Waals surface area contributed by atoms with Crippen LogP contribution in [0.4, 0.5) is 0 Å². The normalized spacial score (nSPS) is 12.4. The summed E-state index contributed by atoms with van der Waals surface area (Å²) >= 11 is 15.1. The van der Waals surface area contributed by atoms with E-state index < -0.39 is 0 Å². The van der Waals surface area contributed by atoms with Crippen LogP contribution < -0.4 is 0 Å². The molecule has 4 aromatic heterocycles. The molecule has 10 aliphatic heterocycles. The summed E-state index contributed by atoms with van der Waals surface area (Å²) in [6, 6.07) is 59.4. The number of hydrogen-bond donors (Lipinski definition) is 0. The molecular weight excluding hydrogens is 1060 g/mol. The van der Waals surface area contributed by atoms with Crippen molar-refractivity contribution in [2.24, 2.45) is 0 Å². The summed E-state index contributed by atoms with van der Waals surface area (Å²) in [5, 5.41) is 0. The van der Waals surface area contributed by atoms with Gasteiger partial charge in [-0.05, 0) is 136 Å². The maximum absolute atomic E-state index is 6.45. The average molecular weight is 1090 g/mol. The van der Waals surface area contributed by atoms with Crippen molar-refractivity contribution in [1.29, 1.82) is 0 Å². The van der Waals surface area contributed by atoms with Crippen molar-refractivity contribution >= 4 is 63.7 Å². The van der Waals surface area contributed by atoms with E-state index in [0.29, 0.717) is 0 Å². The molecule has 312 valence electrons. The molecule has 0 saturated heterocycles. The maximum atomic E-state index is 6.45. The molecule has 0 unspecified atom stereocenters. The molecule has 0 fully saturated rings. The Morgan fingerprint density at radius 1 is 0.234 bits per heavy atom. The largest absolute Gasteiger partial charge is 0.455 e. The summed E-state index contributed by atoms with van der Waals surface area (Å²) in [7, 11) is 0. The second kappa shape index (κ2) is 17.4. The Balaban J connectivity index is 0.886. The zero-order chi connectivity index (χ0) is 43.3. The average Bonchev–Trinajstić information content (AvgIpc) is 4.13. The predicted octanol–water partition coefficient (Wildman–Crippen LogP) is 18.3. The van der Waals surface area contributed by atoms with Gasteiger partial charge in [0.15, 0.2) is 0 Å². The number of halogens is 4. The number of benzene rings is 6. The first-order valence-electron chi connectivity index (χ1n) is 21.0. The van der Waals surface area contributed by atoms with Crippen LogP contribution in [0.1, 0.15) is 22.3 Å². The third-order valence-electron chi connectivity index (χ3n) is 11.9. The molecule has 20 bridgehead atoms. The van der Waals surface area contributed by atoms with E-state index in [0.717, 1.165) is 134 Å². The zero-order valence-corrected chi connectivity index (χ0v) is 40.5. The monoisotopic (exact) mass is 1090 g/mol. The molecule has 0 saturated carbocycles. The van der Waals surface area contributed by atoms with Gasteiger partial charge in [0.2, 0.25) is 0 Å². The molecule has 64 heavy (non-hydrogen) atoms. The van der Waals surface area contributed by atoms with Gasteiger partial charge in [-0.1, -0.05) is 146 Å². The molecule has 10 aliphatic rings. The van der Waals surface area contributed by atoms with Crippen molar-refractivity contribution in [2.45, 2.75) is 25.7 Å². The van der Waals surface area contributed by atoms with Crippen LogP contribution in [0.5, 0.6) is 0 Å². The predicted molar refractivity (Wildman–Crippen MR) is 271 cm³/mol. The fraction of sp³-hybridized carbons (Fsp3) is 0.0714. The van der Waals surface area contributed by atoms with Gasteiger partial charge in [0.05, 0.1) is 17.9 Å². The van der Waals surface area contributed by atoms with Crippen molar-refractivity contribution in [3.8, 4) is 90.6 Å². The van der Waals surface area contributed by atoms with Crippen LogP contribution in [0.3, 0.4) is 0 Å². The zero-order valence-electron chi connectivity index (χ0n) is 34.1. The highest BCUT2D eigenvalue weighted by atomic mass is 79.9. The third-order valence-corrected chi connectivity index (χ3v) is 14.3. The van der Waals surface area contributed by atoms with Gasteiger partial charge in [-0.3, -0.25) is 0 Å². The number of furan rings is 4. The molecule has 0 atom stereocenters. The Morgan fingerprint density at radius 2 is 0.406 bits per heavy atom. The van der Waals surface area contributed by atoms with Crippen LogP contribution in [0.25, 0.3) is 90.6 Å². The standard InChI is InChI=1S/C56H36Br4O4/c57-45-29-49-37-13-5-33(6-14-37)1-2-34-7-15-38(16-8-34)50-30-46(58)54(62-50)42-25-27-44(28-26-42)56-48(60)32-52(64-56)40-19-11-36(12-20-40)4-3-35-9-17-39(18-10-35)51-31-47(59)55(63-51)43-23-21-41(22-24-43)53(45)61-49/h5-32H,1-4H2. The summed E-state index contributed by atoms with van der Waals surface area (Å²) in [4.78, 5) is 0. The van der Waals surface area contributed by atoms with E-state index in [1.54, 1.807) is 0 Å². The van der Waals surface area contributed by atoms with Crippen LogP contribution in [-0.4, -0.2) is 0 Å². The summed E-state index contributed by atoms with van der Waals surface area (Å²) in [5.41, 5.74) is 13.1. The van der Waals surface area contributed by atoms with E-state index in [-0.39, 0.29) is 0 Å². The molecule has 0 aliphatic carbocycles. The lowest BCUT2D eigenvalue weighted by atomic mass is 10.0. The van der Waals surface area contributed by atoms with Gasteiger partial charge >= 0.3 is 0 Å². The molecule has 6 aromatic carbocycles. The fourth-order valence-electron chi connectivity index (χ4n) is 8.30. The molecule has 0 N–H and O–H groups in total. The second-order valence-electron chi connectivity index (χ2n) is 16.1. The summed E-state index contributed by atoms with van der Waals surface area (Å²) < 4.78 is 29.4. The SMILES string of the molecule is Brc1cc2oc1-c1ccc(cc1)-c1oc(cc1Br)-c1ccc(cc1)CCc1ccc(cc1)-c1cc(Br)c(o1)-c1ccc(cc1)-c1oc(cc1Br)-c1ccc(cc1)CCc1ccc-2cc1. The van der Waals surface area contributed by atoms with Crippen LogP contribution in [0.15, 0.2) is 205 Å². The maximum Gasteiger partial charge on any atom is 0.148 e. The minimum Gasteiger partial charge on any atom is -0.455 e. The number of hydrogen-bond acceptors (Lipinski definition) is 4. The Bertz CT molecular complexity index is 2810. The molecule has 0 radical (unpaired) electrons. The lowest BCUT2D eigenvalue weighted by Gasteiger charge is -2.06. The quantitative estimate of drug-likeness (QED) is 0.152. The number of rotatable bonds is 0. The first-order valence-corrected chi connectivity index (χ1v) is 24.2. The lowest BCUT2D eigenvalue weighted by molar-refractivity contribution is 0.594. The molecular formula is C56H36Br4O4. The topological polar surface area (TPSA) is 52.6 Å². The minimum absolute atomic E-state index is 0.785. The molecule has 14 heterocycles. The van der Waals surface area contributed by atoms with E-state index in [1.807, 2.05) is 24.3 Å². The molecule has 0 spiro atoms. The molecule has 20 rings (SSSR count). The van der Waals surface area contributed by atoms with Crippen molar-refractivity contribution in [2.75, 3.05) is 0 Å². The van der Waals surface area contributed by atoms with Crippen molar-refractivity contribution < 1.29 is 17.7 Å². The minimum atomic E-state index is 0.785. The van der Waals surface area contributed by atoms with Gasteiger partial charge in [-0.2, -0.15) is 0 Å². The summed E-state index contributed by atoms with van der Waals surface area (Å²) in [6.07, 6.45) is 3.70. The van der Waals surface area contributed by atoms with E-state index in [4.69, 9.17) is 17.7 Å². The Hall–Kier alpha value is -5.64. The smallest absolute Gasteiger partial charge is 0.148 e. The second-order valence-corrected chi connectivity index (χ2v) is 19.5. The van der Waals surface area contributed by atoms with E-state index in [9.17, 15) is 0 Å². The van der Waals surface area contributed by atoms with Gasteiger partial charge in [-0.25, -0.2) is 0 Å². The van der Waals surface area contributed by atoms with Gasteiger partial charge in [0.25, 0.3) is 0 Å². The van der Waals surface area contributed by atoms with E-state index >= 15 is 0 Å². The highest BCUT2D eigenvalue weighted by Crippen LogP contribution is 2.42. The summed E-state index contributed by atoms with van der Waals surface area (Å²) in [6.45, 7) is 0. The first-order chi connectivity index (χ1) is 31.3. The molecule has 4 nitrogen and oxygen atoms in total.